The highest BCUT2D eigenvalue weighted by atomic mass is 32.2. The van der Waals surface area contributed by atoms with E-state index < -0.39 is 0 Å². The van der Waals surface area contributed by atoms with Gasteiger partial charge in [-0.3, -0.25) is 4.36 Å². The zero-order valence-corrected chi connectivity index (χ0v) is 11.0. The van der Waals surface area contributed by atoms with Gasteiger partial charge in [0, 0.05) is 9.79 Å². The minimum Gasteiger partial charge on any atom is -0.391 e. The highest BCUT2D eigenvalue weighted by Crippen LogP contribution is 2.41. The first-order valence-electron chi connectivity index (χ1n) is 6.06. The lowest BCUT2D eigenvalue weighted by Crippen LogP contribution is -2.05. The molecule has 3 heteroatoms. The van der Waals surface area contributed by atoms with E-state index >= 15 is 0 Å². The molecule has 1 unspecified atom stereocenters. The van der Waals surface area contributed by atoms with Gasteiger partial charge in [0.25, 0.3) is 0 Å². The van der Waals surface area contributed by atoms with Crippen LogP contribution < -0.4 is 0 Å². The zero-order chi connectivity index (χ0) is 12.5. The van der Waals surface area contributed by atoms with Crippen molar-refractivity contribution < 1.29 is 5.11 Å². The van der Waals surface area contributed by atoms with Crippen LogP contribution in [0.3, 0.4) is 0 Å². The summed E-state index contributed by atoms with van der Waals surface area (Å²) in [5.74, 6) is 0. The molecular formula is C15H15NOS. The first-order valence-corrected chi connectivity index (χ1v) is 7.24. The molecule has 2 aromatic rings. The average molecular weight is 257 g/mol. The van der Waals surface area contributed by atoms with E-state index in [1.54, 1.807) is 6.92 Å². The Balaban J connectivity index is 2.18. The highest BCUT2D eigenvalue weighted by molar-refractivity contribution is 7.88. The third-order valence-electron chi connectivity index (χ3n) is 2.95. The molecule has 0 aliphatic carbocycles. The van der Waals surface area contributed by atoms with Crippen molar-refractivity contribution in [3.63, 3.8) is 0 Å². The molecule has 1 atom stereocenters. The normalized spacial score (nSPS) is 15.0. The van der Waals surface area contributed by atoms with E-state index in [1.807, 2.05) is 0 Å². The SMILES string of the molecule is CC(O)CN=S1c2ccccc2-c2ccccc21. The van der Waals surface area contributed by atoms with E-state index in [2.05, 4.69) is 52.9 Å². The number of benzene rings is 2. The van der Waals surface area contributed by atoms with Gasteiger partial charge in [-0.2, -0.15) is 0 Å². The summed E-state index contributed by atoms with van der Waals surface area (Å²) in [6.45, 7) is 2.27. The lowest BCUT2D eigenvalue weighted by Gasteiger charge is -2.04. The van der Waals surface area contributed by atoms with Crippen LogP contribution in [0.4, 0.5) is 0 Å². The summed E-state index contributed by atoms with van der Waals surface area (Å²) in [5.41, 5.74) is 2.57. The maximum Gasteiger partial charge on any atom is 0.0723 e. The van der Waals surface area contributed by atoms with Crippen molar-refractivity contribution in [2.45, 2.75) is 22.8 Å². The molecule has 0 aromatic heterocycles. The topological polar surface area (TPSA) is 32.6 Å². The Morgan fingerprint density at radius 3 is 2.00 bits per heavy atom. The maximum atomic E-state index is 9.42. The van der Waals surface area contributed by atoms with Gasteiger partial charge in [-0.25, -0.2) is 0 Å². The molecule has 0 amide bonds. The molecule has 2 aromatic carbocycles. The van der Waals surface area contributed by atoms with Crippen molar-refractivity contribution in [1.82, 2.24) is 0 Å². The van der Waals surface area contributed by atoms with Gasteiger partial charge in [0.05, 0.1) is 12.6 Å². The Morgan fingerprint density at radius 1 is 1.00 bits per heavy atom. The first-order chi connectivity index (χ1) is 8.77. The van der Waals surface area contributed by atoms with Crippen LogP contribution >= 0.6 is 0 Å². The second kappa shape index (κ2) is 4.67. The molecule has 0 spiro atoms. The second-order valence-electron chi connectivity index (χ2n) is 4.44. The van der Waals surface area contributed by atoms with Crippen molar-refractivity contribution in [3.8, 4) is 11.1 Å². The molecule has 0 saturated heterocycles. The summed E-state index contributed by atoms with van der Waals surface area (Å²) in [7, 11) is -0.233. The minimum absolute atomic E-state index is 0.233. The van der Waals surface area contributed by atoms with Gasteiger partial charge in [-0.15, -0.1) is 0 Å². The van der Waals surface area contributed by atoms with Gasteiger partial charge in [-0.05, 0) is 40.9 Å². The van der Waals surface area contributed by atoms with Crippen LogP contribution in [0.15, 0.2) is 62.7 Å². The fraction of sp³-hybridized carbons (Fsp3) is 0.200. The molecule has 3 rings (SSSR count). The monoisotopic (exact) mass is 257 g/mol. The van der Waals surface area contributed by atoms with E-state index in [1.165, 1.54) is 20.9 Å². The Hall–Kier alpha value is -1.45. The van der Waals surface area contributed by atoms with Gasteiger partial charge in [0.1, 0.15) is 0 Å². The summed E-state index contributed by atoms with van der Waals surface area (Å²) in [6.07, 6.45) is -0.377. The van der Waals surface area contributed by atoms with E-state index in [0.29, 0.717) is 6.54 Å². The van der Waals surface area contributed by atoms with E-state index in [9.17, 15) is 5.11 Å². The van der Waals surface area contributed by atoms with Gasteiger partial charge < -0.3 is 5.11 Å². The van der Waals surface area contributed by atoms with Crippen LogP contribution in [0, 0.1) is 0 Å². The second-order valence-corrected chi connectivity index (χ2v) is 6.14. The minimum atomic E-state index is -0.377. The van der Waals surface area contributed by atoms with Crippen molar-refractivity contribution >= 4 is 10.7 Å². The van der Waals surface area contributed by atoms with Crippen molar-refractivity contribution in [2.24, 2.45) is 4.36 Å². The summed E-state index contributed by atoms with van der Waals surface area (Å²) < 4.78 is 4.68. The molecule has 0 saturated carbocycles. The smallest absolute Gasteiger partial charge is 0.0723 e. The predicted molar refractivity (Wildman–Crippen MR) is 74.8 cm³/mol. The van der Waals surface area contributed by atoms with Crippen LogP contribution in [-0.2, 0) is 10.7 Å². The Bertz CT molecular complexity index is 572. The molecule has 2 nitrogen and oxygen atoms in total. The van der Waals surface area contributed by atoms with Gasteiger partial charge in [-0.1, -0.05) is 36.4 Å². The number of aliphatic hydroxyl groups is 1. The van der Waals surface area contributed by atoms with Gasteiger partial charge >= 0.3 is 0 Å². The van der Waals surface area contributed by atoms with Gasteiger partial charge in [0.15, 0.2) is 0 Å². The molecule has 92 valence electrons. The molecular weight excluding hydrogens is 242 g/mol. The number of aliphatic hydroxyl groups excluding tert-OH is 1. The summed E-state index contributed by atoms with van der Waals surface area (Å²) in [5, 5.41) is 9.42. The van der Waals surface area contributed by atoms with Crippen molar-refractivity contribution in [2.75, 3.05) is 6.54 Å². The van der Waals surface area contributed by atoms with Crippen LogP contribution in [0.5, 0.6) is 0 Å². The van der Waals surface area contributed by atoms with Crippen molar-refractivity contribution in [1.29, 1.82) is 0 Å². The fourth-order valence-corrected chi connectivity index (χ4v) is 4.22. The van der Waals surface area contributed by atoms with E-state index in [4.69, 9.17) is 0 Å². The lowest BCUT2D eigenvalue weighted by atomic mass is 10.1. The zero-order valence-electron chi connectivity index (χ0n) is 10.2. The largest absolute Gasteiger partial charge is 0.391 e. The number of nitrogens with zero attached hydrogens (tertiary/aromatic N) is 1. The molecule has 18 heavy (non-hydrogen) atoms. The van der Waals surface area contributed by atoms with E-state index in [0.717, 1.165) is 0 Å². The van der Waals surface area contributed by atoms with E-state index in [-0.39, 0.29) is 16.8 Å². The van der Waals surface area contributed by atoms with Crippen LogP contribution in [-0.4, -0.2) is 17.8 Å². The van der Waals surface area contributed by atoms with Crippen LogP contribution in [0.1, 0.15) is 6.92 Å². The molecule has 0 radical (unpaired) electrons. The molecule has 1 heterocycles. The molecule has 1 aliphatic heterocycles. The fourth-order valence-electron chi connectivity index (χ4n) is 2.16. The molecule has 1 aliphatic rings. The summed E-state index contributed by atoms with van der Waals surface area (Å²) in [6, 6.07) is 16.8. The van der Waals surface area contributed by atoms with Crippen molar-refractivity contribution in [3.05, 3.63) is 48.5 Å². The Morgan fingerprint density at radius 2 is 1.50 bits per heavy atom. The number of fused-ring (bicyclic) bond motifs is 3. The standard InChI is InChI=1S/C15H15NOS/c1-11(17)10-16-18-14-8-4-2-6-12(14)13-7-3-5-9-15(13)18/h2-9,11,17H,10H2,1H3. The number of rotatable bonds is 2. The Labute approximate surface area is 109 Å². The maximum absolute atomic E-state index is 9.42. The van der Waals surface area contributed by atoms with Gasteiger partial charge in [0.2, 0.25) is 0 Å². The third kappa shape index (κ3) is 1.89. The quantitative estimate of drug-likeness (QED) is 0.751. The first kappa shape index (κ1) is 11.6. The molecule has 1 N–H and O–H groups in total. The molecule has 0 fully saturated rings. The summed E-state index contributed by atoms with van der Waals surface area (Å²) in [4.78, 5) is 2.55. The van der Waals surface area contributed by atoms with Crippen LogP contribution in [0.25, 0.3) is 11.1 Å². The number of hydrogen-bond donors (Lipinski definition) is 1. The number of hydrogen-bond acceptors (Lipinski definition) is 2. The Kier molecular flexibility index (Phi) is 3.02. The average Bonchev–Trinajstić information content (AvgIpc) is 2.71. The lowest BCUT2D eigenvalue weighted by molar-refractivity contribution is 0.204. The predicted octanol–water partition coefficient (Wildman–Crippen LogP) is 3.27. The summed E-state index contributed by atoms with van der Waals surface area (Å²) >= 11 is 0. The third-order valence-corrected chi connectivity index (χ3v) is 4.90. The highest BCUT2D eigenvalue weighted by Gasteiger charge is 2.22. The molecule has 0 bridgehead atoms. The van der Waals surface area contributed by atoms with Crippen LogP contribution in [0.2, 0.25) is 0 Å².